The van der Waals surface area contributed by atoms with Gasteiger partial charge in [0.2, 0.25) is 0 Å². The standard InChI is InChI=1S/C9H8O2.C7H7NO2/c10-9(11)7-6-8-4-2-1-3-5-8;8-6-4-2-1-3-5(6)7(9)10/h1-7H,(H,10,11);1-4H,8H2,(H,9,10). The zero-order chi connectivity index (χ0) is 15.7. The quantitative estimate of drug-likeness (QED) is 0.594. The molecule has 2 aromatic carbocycles. The Kier molecular flexibility index (Phi) is 6.21. The number of hydrogen-bond donors (Lipinski definition) is 3. The van der Waals surface area contributed by atoms with E-state index < -0.39 is 11.9 Å². The number of carbonyl (C=O) groups is 2. The number of nitrogens with two attached hydrogens (primary N) is 1. The second kappa shape index (κ2) is 8.16. The number of para-hydroxylation sites is 1. The normalized spacial score (nSPS) is 9.71. The molecule has 0 fully saturated rings. The lowest BCUT2D eigenvalue weighted by Crippen LogP contribution is -2.00. The summed E-state index contributed by atoms with van der Waals surface area (Å²) in [5.74, 6) is -1.91. The van der Waals surface area contributed by atoms with Crippen LogP contribution in [0.2, 0.25) is 0 Å². The van der Waals surface area contributed by atoms with Crippen molar-refractivity contribution in [1.82, 2.24) is 0 Å². The Morgan fingerprint density at radius 2 is 1.48 bits per heavy atom. The molecule has 108 valence electrons. The van der Waals surface area contributed by atoms with Crippen molar-refractivity contribution in [3.05, 3.63) is 71.8 Å². The summed E-state index contributed by atoms with van der Waals surface area (Å²) < 4.78 is 0. The molecule has 0 amide bonds. The summed E-state index contributed by atoms with van der Waals surface area (Å²) in [6, 6.07) is 15.7. The molecule has 5 heteroatoms. The van der Waals surface area contributed by atoms with Crippen LogP contribution in [0.4, 0.5) is 5.69 Å². The van der Waals surface area contributed by atoms with E-state index in [1.807, 2.05) is 30.3 Å². The largest absolute Gasteiger partial charge is 0.478 e. The van der Waals surface area contributed by atoms with E-state index in [1.54, 1.807) is 24.3 Å². The molecule has 0 heterocycles. The fourth-order valence-corrected chi connectivity index (χ4v) is 1.42. The van der Waals surface area contributed by atoms with Crippen LogP contribution in [0, 0.1) is 0 Å². The van der Waals surface area contributed by atoms with E-state index in [4.69, 9.17) is 15.9 Å². The van der Waals surface area contributed by atoms with Gasteiger partial charge in [-0.05, 0) is 23.8 Å². The van der Waals surface area contributed by atoms with Crippen molar-refractivity contribution in [2.75, 3.05) is 5.73 Å². The molecule has 0 radical (unpaired) electrons. The number of carboxylic acid groups (broad SMARTS) is 2. The van der Waals surface area contributed by atoms with Crippen molar-refractivity contribution in [3.8, 4) is 0 Å². The highest BCUT2D eigenvalue weighted by Gasteiger charge is 2.03. The minimum atomic E-state index is -0.988. The van der Waals surface area contributed by atoms with Crippen LogP contribution in [0.1, 0.15) is 15.9 Å². The Morgan fingerprint density at radius 3 is 1.95 bits per heavy atom. The molecule has 0 spiro atoms. The van der Waals surface area contributed by atoms with E-state index in [9.17, 15) is 9.59 Å². The van der Waals surface area contributed by atoms with Gasteiger partial charge >= 0.3 is 11.9 Å². The number of aliphatic carboxylic acids is 1. The van der Waals surface area contributed by atoms with Crippen LogP contribution in [0.25, 0.3) is 6.08 Å². The first kappa shape index (κ1) is 16.0. The molecule has 0 saturated carbocycles. The van der Waals surface area contributed by atoms with Crippen molar-refractivity contribution < 1.29 is 19.8 Å². The average Bonchev–Trinajstić information content (AvgIpc) is 2.47. The van der Waals surface area contributed by atoms with Gasteiger partial charge in [0.1, 0.15) is 0 Å². The number of benzene rings is 2. The van der Waals surface area contributed by atoms with Gasteiger partial charge in [-0.2, -0.15) is 0 Å². The fraction of sp³-hybridized carbons (Fsp3) is 0. The van der Waals surface area contributed by atoms with E-state index in [0.717, 1.165) is 11.6 Å². The van der Waals surface area contributed by atoms with Gasteiger partial charge in [-0.15, -0.1) is 0 Å². The monoisotopic (exact) mass is 285 g/mol. The molecule has 0 aliphatic heterocycles. The second-order valence-electron chi connectivity index (χ2n) is 3.97. The summed E-state index contributed by atoms with van der Waals surface area (Å²) in [6.45, 7) is 0. The van der Waals surface area contributed by atoms with Crippen LogP contribution in [-0.4, -0.2) is 22.2 Å². The van der Waals surface area contributed by atoms with Gasteiger partial charge in [0.15, 0.2) is 0 Å². The number of hydrogen-bond acceptors (Lipinski definition) is 3. The maximum atomic E-state index is 10.3. The summed E-state index contributed by atoms with van der Waals surface area (Å²) in [6.07, 6.45) is 2.68. The maximum Gasteiger partial charge on any atom is 0.337 e. The van der Waals surface area contributed by atoms with Gasteiger partial charge in [-0.3, -0.25) is 0 Å². The third-order valence-corrected chi connectivity index (χ3v) is 2.41. The lowest BCUT2D eigenvalue weighted by molar-refractivity contribution is -0.131. The van der Waals surface area contributed by atoms with Gasteiger partial charge in [0.05, 0.1) is 5.56 Å². The lowest BCUT2D eigenvalue weighted by Gasteiger charge is -1.96. The predicted octanol–water partition coefficient (Wildman–Crippen LogP) is 2.75. The number of anilines is 1. The van der Waals surface area contributed by atoms with Crippen molar-refractivity contribution >= 4 is 23.7 Å². The summed E-state index contributed by atoms with van der Waals surface area (Å²) in [5, 5.41) is 16.8. The first-order valence-electron chi connectivity index (χ1n) is 6.04. The molecule has 0 atom stereocenters. The molecule has 0 bridgehead atoms. The molecule has 0 aromatic heterocycles. The predicted molar refractivity (Wildman–Crippen MR) is 80.9 cm³/mol. The molecule has 0 aliphatic carbocycles. The van der Waals surface area contributed by atoms with Crippen molar-refractivity contribution in [1.29, 1.82) is 0 Å². The fourth-order valence-electron chi connectivity index (χ4n) is 1.42. The second-order valence-corrected chi connectivity index (χ2v) is 3.97. The number of nitrogen functional groups attached to an aromatic ring is 1. The molecule has 0 saturated heterocycles. The van der Waals surface area contributed by atoms with Crippen LogP contribution >= 0.6 is 0 Å². The molecule has 5 nitrogen and oxygen atoms in total. The minimum Gasteiger partial charge on any atom is -0.478 e. The summed E-state index contributed by atoms with van der Waals surface area (Å²) in [7, 11) is 0. The van der Waals surface area contributed by atoms with Crippen LogP contribution < -0.4 is 5.73 Å². The average molecular weight is 285 g/mol. The van der Waals surface area contributed by atoms with Crippen LogP contribution in [0.5, 0.6) is 0 Å². The van der Waals surface area contributed by atoms with Gasteiger partial charge < -0.3 is 15.9 Å². The van der Waals surface area contributed by atoms with Crippen LogP contribution in [-0.2, 0) is 4.79 Å². The van der Waals surface area contributed by atoms with Crippen molar-refractivity contribution in [3.63, 3.8) is 0 Å². The Bertz CT molecular complexity index is 636. The third-order valence-electron chi connectivity index (χ3n) is 2.41. The third kappa shape index (κ3) is 6.07. The molecule has 0 aliphatic rings. The van der Waals surface area contributed by atoms with Gasteiger partial charge in [0, 0.05) is 11.8 Å². The van der Waals surface area contributed by atoms with E-state index in [1.165, 1.54) is 6.07 Å². The zero-order valence-corrected chi connectivity index (χ0v) is 11.1. The highest BCUT2D eigenvalue weighted by Crippen LogP contribution is 2.09. The molecule has 2 aromatic rings. The molecular formula is C16H15NO4. The highest BCUT2D eigenvalue weighted by atomic mass is 16.4. The smallest absolute Gasteiger partial charge is 0.337 e. The minimum absolute atomic E-state index is 0.155. The van der Waals surface area contributed by atoms with E-state index in [-0.39, 0.29) is 5.56 Å². The Balaban J connectivity index is 0.000000211. The number of carboxylic acids is 2. The summed E-state index contributed by atoms with van der Waals surface area (Å²) >= 11 is 0. The molecular weight excluding hydrogens is 270 g/mol. The van der Waals surface area contributed by atoms with Gasteiger partial charge in [0.25, 0.3) is 0 Å². The van der Waals surface area contributed by atoms with Gasteiger partial charge in [-0.25, -0.2) is 9.59 Å². The summed E-state index contributed by atoms with van der Waals surface area (Å²) in [5.41, 5.74) is 6.69. The van der Waals surface area contributed by atoms with Crippen molar-refractivity contribution in [2.24, 2.45) is 0 Å². The van der Waals surface area contributed by atoms with Crippen LogP contribution in [0.15, 0.2) is 60.7 Å². The number of aromatic carboxylic acids is 1. The Hall–Kier alpha value is -3.08. The topological polar surface area (TPSA) is 101 Å². The molecule has 4 N–H and O–H groups in total. The zero-order valence-electron chi connectivity index (χ0n) is 11.1. The molecule has 0 unspecified atom stereocenters. The van der Waals surface area contributed by atoms with E-state index in [0.29, 0.717) is 5.69 Å². The summed E-state index contributed by atoms with van der Waals surface area (Å²) in [4.78, 5) is 20.4. The first-order chi connectivity index (χ1) is 10.0. The van der Waals surface area contributed by atoms with Crippen LogP contribution in [0.3, 0.4) is 0 Å². The van der Waals surface area contributed by atoms with Crippen molar-refractivity contribution in [2.45, 2.75) is 0 Å². The number of rotatable bonds is 3. The Morgan fingerprint density at radius 1 is 0.905 bits per heavy atom. The highest BCUT2D eigenvalue weighted by molar-refractivity contribution is 5.93. The van der Waals surface area contributed by atoms with Gasteiger partial charge in [-0.1, -0.05) is 42.5 Å². The SMILES string of the molecule is Nc1ccccc1C(=O)O.O=C(O)C=Cc1ccccc1. The first-order valence-corrected chi connectivity index (χ1v) is 6.04. The lowest BCUT2D eigenvalue weighted by atomic mass is 10.2. The molecule has 2 rings (SSSR count). The van der Waals surface area contributed by atoms with E-state index >= 15 is 0 Å². The Labute approximate surface area is 122 Å². The molecule has 21 heavy (non-hydrogen) atoms. The maximum absolute atomic E-state index is 10.3. The van der Waals surface area contributed by atoms with E-state index in [2.05, 4.69) is 0 Å².